The first-order valence-corrected chi connectivity index (χ1v) is 7.67. The van der Waals surface area contributed by atoms with E-state index in [4.69, 9.17) is 11.6 Å². The third-order valence-corrected chi connectivity index (χ3v) is 4.49. The van der Waals surface area contributed by atoms with Gasteiger partial charge in [-0.1, -0.05) is 30.3 Å². The van der Waals surface area contributed by atoms with Gasteiger partial charge in [-0.2, -0.15) is 17.6 Å². The molecule has 0 radical (unpaired) electrons. The topological polar surface area (TPSA) is 52.0 Å². The average Bonchev–Trinajstić information content (AvgIpc) is 2.82. The van der Waals surface area contributed by atoms with Crippen molar-refractivity contribution in [1.29, 1.82) is 0 Å². The fraction of sp³-hybridized carbons (Fsp3) is 0.0714. The number of fused-ring (bicyclic) bond motifs is 1. The fourth-order valence-electron chi connectivity index (χ4n) is 1.77. The van der Waals surface area contributed by atoms with E-state index in [9.17, 15) is 8.42 Å². The van der Waals surface area contributed by atoms with Crippen LogP contribution in [0, 0.1) is 0 Å². The first-order valence-electron chi connectivity index (χ1n) is 5.85. The molecular formula is C14H13ClN2O2S. The van der Waals surface area contributed by atoms with Crippen LogP contribution in [0.3, 0.4) is 0 Å². The molecule has 1 aromatic heterocycles. The van der Waals surface area contributed by atoms with Gasteiger partial charge in [-0.25, -0.2) is 0 Å². The van der Waals surface area contributed by atoms with Gasteiger partial charge < -0.3 is 0 Å². The first-order chi connectivity index (χ1) is 9.50. The molecular weight excluding hydrogens is 296 g/mol. The van der Waals surface area contributed by atoms with Crippen LogP contribution < -0.4 is 0 Å². The highest BCUT2D eigenvalue weighted by Gasteiger charge is 2.20. The van der Waals surface area contributed by atoms with Gasteiger partial charge in [0.1, 0.15) is 0 Å². The molecule has 1 aromatic carbocycles. The lowest BCUT2D eigenvalue weighted by Gasteiger charge is -2.06. The van der Waals surface area contributed by atoms with Gasteiger partial charge >= 0.3 is 0 Å². The molecule has 2 rings (SSSR count). The smallest absolute Gasteiger partial charge is 0.199 e. The Balaban J connectivity index is 2.71. The largest absolute Gasteiger partial charge is 0.283 e. The molecule has 0 atom stereocenters. The van der Waals surface area contributed by atoms with E-state index in [1.54, 1.807) is 31.2 Å². The summed E-state index contributed by atoms with van der Waals surface area (Å²) in [5.74, 6) is 0. The van der Waals surface area contributed by atoms with Gasteiger partial charge in [-0.3, -0.25) is 0 Å². The van der Waals surface area contributed by atoms with Crippen molar-refractivity contribution in [3.8, 4) is 0 Å². The summed E-state index contributed by atoms with van der Waals surface area (Å²) in [7, 11) is -3.78. The van der Waals surface area contributed by atoms with Crippen molar-refractivity contribution in [2.45, 2.75) is 6.92 Å². The van der Waals surface area contributed by atoms with Crippen LogP contribution in [0.2, 0.25) is 5.02 Å². The molecule has 0 aliphatic carbocycles. The van der Waals surface area contributed by atoms with Crippen LogP contribution >= 0.6 is 11.6 Å². The van der Waals surface area contributed by atoms with Crippen LogP contribution in [0.25, 0.3) is 10.9 Å². The van der Waals surface area contributed by atoms with Crippen molar-refractivity contribution in [3.05, 3.63) is 65.2 Å². The lowest BCUT2D eigenvalue weighted by Crippen LogP contribution is -2.15. The highest BCUT2D eigenvalue weighted by molar-refractivity contribution is 7.94. The van der Waals surface area contributed by atoms with Gasteiger partial charge in [0.2, 0.25) is 0 Å². The minimum absolute atomic E-state index is 0.111. The van der Waals surface area contributed by atoms with E-state index in [-0.39, 0.29) is 4.91 Å². The minimum atomic E-state index is -3.78. The number of nitrogens with zero attached hydrogens (tertiary/aromatic N) is 2. The molecule has 20 heavy (non-hydrogen) atoms. The molecule has 0 saturated carbocycles. The molecule has 6 heteroatoms. The third-order valence-electron chi connectivity index (χ3n) is 2.64. The standard InChI is InChI=1S/C14H13ClN2O2S/c1-3-5-13(6-4-2)20(18,19)17-14-9-12(15)8-7-11(14)10-16-17/h3-10H,1H2,2H3/b6-4-,13-5+. The molecule has 0 unspecified atom stereocenters. The van der Waals surface area contributed by atoms with Gasteiger partial charge in [-0.05, 0) is 37.3 Å². The second kappa shape index (κ2) is 5.64. The summed E-state index contributed by atoms with van der Waals surface area (Å²) in [4.78, 5) is 0.111. The van der Waals surface area contributed by atoms with Gasteiger partial charge in [0, 0.05) is 10.4 Å². The summed E-state index contributed by atoms with van der Waals surface area (Å²) in [5, 5.41) is 5.11. The number of hydrogen-bond acceptors (Lipinski definition) is 3. The van der Waals surface area contributed by atoms with E-state index in [0.717, 1.165) is 4.09 Å². The monoisotopic (exact) mass is 308 g/mol. The summed E-state index contributed by atoms with van der Waals surface area (Å²) < 4.78 is 26.2. The molecule has 0 saturated heterocycles. The number of allylic oxidation sites excluding steroid dienone is 4. The highest BCUT2D eigenvalue weighted by atomic mass is 35.5. The van der Waals surface area contributed by atoms with Gasteiger partial charge in [0.05, 0.1) is 16.6 Å². The van der Waals surface area contributed by atoms with E-state index in [1.165, 1.54) is 24.4 Å². The molecule has 0 fully saturated rings. The van der Waals surface area contributed by atoms with Gasteiger partial charge in [0.15, 0.2) is 0 Å². The number of hydrogen-bond donors (Lipinski definition) is 0. The molecule has 0 N–H and O–H groups in total. The maximum absolute atomic E-state index is 12.6. The molecule has 1 heterocycles. The lowest BCUT2D eigenvalue weighted by molar-refractivity contribution is 0.589. The van der Waals surface area contributed by atoms with E-state index >= 15 is 0 Å². The van der Waals surface area contributed by atoms with E-state index in [0.29, 0.717) is 15.9 Å². The summed E-state index contributed by atoms with van der Waals surface area (Å²) in [5.41, 5.74) is 0.442. The first kappa shape index (κ1) is 14.6. The average molecular weight is 309 g/mol. The molecule has 4 nitrogen and oxygen atoms in total. The number of aromatic nitrogens is 2. The molecule has 104 valence electrons. The summed E-state index contributed by atoms with van der Waals surface area (Å²) in [6.45, 7) is 5.27. The number of halogens is 1. The van der Waals surface area contributed by atoms with E-state index in [1.807, 2.05) is 0 Å². The Bertz CT molecular complexity index is 817. The Labute approximate surface area is 122 Å². The predicted molar refractivity (Wildman–Crippen MR) is 82.2 cm³/mol. The van der Waals surface area contributed by atoms with Crippen molar-refractivity contribution >= 4 is 32.5 Å². The fourth-order valence-corrected chi connectivity index (χ4v) is 3.30. The highest BCUT2D eigenvalue weighted by Crippen LogP contribution is 2.23. The quantitative estimate of drug-likeness (QED) is 0.812. The van der Waals surface area contributed by atoms with E-state index in [2.05, 4.69) is 11.7 Å². The molecule has 0 aliphatic rings. The van der Waals surface area contributed by atoms with E-state index < -0.39 is 10.0 Å². The van der Waals surface area contributed by atoms with Crippen LogP contribution in [-0.2, 0) is 10.0 Å². The van der Waals surface area contributed by atoms with Crippen molar-refractivity contribution in [2.24, 2.45) is 0 Å². The maximum atomic E-state index is 12.6. The predicted octanol–water partition coefficient (Wildman–Crippen LogP) is 3.51. The SMILES string of the molecule is C=C/C=C(\C=C/C)S(=O)(=O)n1ncc2ccc(Cl)cc21. The second-order valence-electron chi connectivity index (χ2n) is 4.00. The molecule has 0 spiro atoms. The molecule has 2 aromatic rings. The van der Waals surface area contributed by atoms with Crippen LogP contribution in [0.4, 0.5) is 0 Å². The van der Waals surface area contributed by atoms with Crippen LogP contribution in [0.1, 0.15) is 6.92 Å². The normalized spacial score (nSPS) is 13.2. The Hall–Kier alpha value is -1.85. The Morgan fingerprint density at radius 2 is 2.20 bits per heavy atom. The molecule has 0 aliphatic heterocycles. The minimum Gasteiger partial charge on any atom is -0.199 e. The van der Waals surface area contributed by atoms with Crippen molar-refractivity contribution in [2.75, 3.05) is 0 Å². The molecule has 0 bridgehead atoms. The summed E-state index contributed by atoms with van der Waals surface area (Å²) >= 11 is 5.92. The molecule has 0 amide bonds. The van der Waals surface area contributed by atoms with Gasteiger partial charge in [-0.15, -0.1) is 0 Å². The third kappa shape index (κ3) is 2.55. The zero-order chi connectivity index (χ0) is 14.8. The van der Waals surface area contributed by atoms with Crippen molar-refractivity contribution in [3.63, 3.8) is 0 Å². The lowest BCUT2D eigenvalue weighted by atomic mass is 10.3. The summed E-state index contributed by atoms with van der Waals surface area (Å²) in [6.07, 6.45) is 7.48. The number of benzene rings is 1. The Morgan fingerprint density at radius 1 is 1.45 bits per heavy atom. The van der Waals surface area contributed by atoms with Crippen LogP contribution in [-0.4, -0.2) is 17.6 Å². The van der Waals surface area contributed by atoms with Crippen molar-refractivity contribution < 1.29 is 8.42 Å². The maximum Gasteiger partial charge on any atom is 0.283 e. The van der Waals surface area contributed by atoms with Crippen LogP contribution in [0.15, 0.2) is 60.2 Å². The zero-order valence-corrected chi connectivity index (χ0v) is 12.4. The number of rotatable bonds is 4. The Morgan fingerprint density at radius 3 is 2.85 bits per heavy atom. The zero-order valence-electron chi connectivity index (χ0n) is 10.8. The van der Waals surface area contributed by atoms with Crippen molar-refractivity contribution in [1.82, 2.24) is 9.19 Å². The van der Waals surface area contributed by atoms with Crippen LogP contribution in [0.5, 0.6) is 0 Å². The Kier molecular flexibility index (Phi) is 4.11. The van der Waals surface area contributed by atoms with Gasteiger partial charge in [0.25, 0.3) is 10.0 Å². The summed E-state index contributed by atoms with van der Waals surface area (Å²) in [6, 6.07) is 4.99. The second-order valence-corrected chi connectivity index (χ2v) is 6.20.